The molecule has 0 radical (unpaired) electrons. The van der Waals surface area contributed by atoms with E-state index in [1.807, 2.05) is 0 Å². The van der Waals surface area contributed by atoms with Crippen molar-refractivity contribution in [2.75, 3.05) is 11.5 Å². The number of carbonyl (C=O) groups excluding carboxylic acids is 1. The van der Waals surface area contributed by atoms with E-state index < -0.39 is 9.84 Å². The van der Waals surface area contributed by atoms with Crippen LogP contribution in [0.2, 0.25) is 0 Å². The molecule has 0 bridgehead atoms. The van der Waals surface area contributed by atoms with Crippen LogP contribution in [0.4, 0.5) is 0 Å². The van der Waals surface area contributed by atoms with Gasteiger partial charge in [-0.2, -0.15) is 0 Å². The zero-order valence-corrected chi connectivity index (χ0v) is 8.61. The Kier molecular flexibility index (Phi) is 3.90. The predicted octanol–water partition coefficient (Wildman–Crippen LogP) is 1.32. The third kappa shape index (κ3) is 4.41. The number of rotatable bonds is 0. The van der Waals surface area contributed by atoms with E-state index >= 15 is 0 Å². The molecule has 0 aromatic heterocycles. The van der Waals surface area contributed by atoms with Gasteiger partial charge in [-0.05, 0) is 25.7 Å². The standard InChI is InChI=1S/C5H8O.C4H8O2S/c6-5-3-1-2-4-5;5-7(6)3-1-2-4-7/h1-4H2;1-4H2. The summed E-state index contributed by atoms with van der Waals surface area (Å²) in [6, 6.07) is 0. The maximum absolute atomic E-state index is 10.4. The first-order valence-electron chi connectivity index (χ1n) is 4.82. The summed E-state index contributed by atoms with van der Waals surface area (Å²) in [6.45, 7) is 0. The monoisotopic (exact) mass is 204 g/mol. The van der Waals surface area contributed by atoms with Crippen LogP contribution in [-0.2, 0) is 14.6 Å². The van der Waals surface area contributed by atoms with Crippen LogP contribution in [0.1, 0.15) is 38.5 Å². The summed E-state index contributed by atoms with van der Waals surface area (Å²) in [7, 11) is -2.55. The number of ketones is 1. The van der Waals surface area contributed by atoms with Gasteiger partial charge in [0.1, 0.15) is 15.6 Å². The van der Waals surface area contributed by atoms with E-state index in [2.05, 4.69) is 0 Å². The van der Waals surface area contributed by atoms with Gasteiger partial charge in [-0.3, -0.25) is 4.79 Å². The molecule has 2 fully saturated rings. The van der Waals surface area contributed by atoms with E-state index in [0.717, 1.165) is 38.5 Å². The van der Waals surface area contributed by atoms with Gasteiger partial charge in [-0.25, -0.2) is 8.42 Å². The highest BCUT2D eigenvalue weighted by atomic mass is 32.2. The molecule has 0 atom stereocenters. The molecule has 1 aliphatic carbocycles. The quantitative estimate of drug-likeness (QED) is 0.598. The fourth-order valence-electron chi connectivity index (χ4n) is 1.52. The molecule has 0 N–H and O–H groups in total. The Morgan fingerprint density at radius 3 is 1.46 bits per heavy atom. The molecule has 0 unspecified atom stereocenters. The van der Waals surface area contributed by atoms with Crippen LogP contribution in [0.3, 0.4) is 0 Å². The second kappa shape index (κ2) is 4.74. The maximum atomic E-state index is 10.4. The average molecular weight is 204 g/mol. The average Bonchev–Trinajstić information content (AvgIpc) is 2.62. The minimum Gasteiger partial charge on any atom is -0.300 e. The summed E-state index contributed by atoms with van der Waals surface area (Å²) in [5.74, 6) is 1.30. The molecule has 0 amide bonds. The third-order valence-corrected chi connectivity index (χ3v) is 4.14. The second-order valence-corrected chi connectivity index (χ2v) is 5.91. The van der Waals surface area contributed by atoms with E-state index in [9.17, 15) is 13.2 Å². The second-order valence-electron chi connectivity index (χ2n) is 3.60. The Bertz CT molecular complexity index is 247. The van der Waals surface area contributed by atoms with E-state index in [-0.39, 0.29) is 0 Å². The minimum atomic E-state index is -2.55. The fourth-order valence-corrected chi connectivity index (χ4v) is 3.01. The molecule has 1 aliphatic heterocycles. The largest absolute Gasteiger partial charge is 0.300 e. The summed E-state index contributed by atoms with van der Waals surface area (Å²) in [5.41, 5.74) is 0. The Hall–Kier alpha value is -0.380. The van der Waals surface area contributed by atoms with Gasteiger partial charge in [-0.1, -0.05) is 0 Å². The minimum absolute atomic E-state index is 0.424. The molecule has 1 saturated carbocycles. The molecule has 3 nitrogen and oxygen atoms in total. The molecule has 0 spiro atoms. The summed E-state index contributed by atoms with van der Waals surface area (Å²) in [6.07, 6.45) is 5.72. The third-order valence-electron chi connectivity index (χ3n) is 2.32. The first-order chi connectivity index (χ1) is 6.10. The Balaban J connectivity index is 0.000000132. The molecule has 13 heavy (non-hydrogen) atoms. The van der Waals surface area contributed by atoms with E-state index in [0.29, 0.717) is 17.3 Å². The van der Waals surface area contributed by atoms with Gasteiger partial charge in [0.25, 0.3) is 0 Å². The zero-order chi connectivity index (χ0) is 9.73. The topological polar surface area (TPSA) is 51.2 Å². The van der Waals surface area contributed by atoms with Gasteiger partial charge in [-0.15, -0.1) is 0 Å². The summed E-state index contributed by atoms with van der Waals surface area (Å²) < 4.78 is 20.9. The van der Waals surface area contributed by atoms with Crippen LogP contribution < -0.4 is 0 Å². The number of carbonyl (C=O) groups is 1. The van der Waals surface area contributed by atoms with Crippen molar-refractivity contribution in [1.29, 1.82) is 0 Å². The summed E-state index contributed by atoms with van der Waals surface area (Å²) >= 11 is 0. The number of hydrogen-bond acceptors (Lipinski definition) is 3. The lowest BCUT2D eigenvalue weighted by molar-refractivity contribution is -0.117. The maximum Gasteiger partial charge on any atom is 0.150 e. The van der Waals surface area contributed by atoms with Crippen molar-refractivity contribution in [3.05, 3.63) is 0 Å². The van der Waals surface area contributed by atoms with Crippen LogP contribution >= 0.6 is 0 Å². The van der Waals surface area contributed by atoms with Gasteiger partial charge in [0.2, 0.25) is 0 Å². The molecule has 4 heteroatoms. The molecule has 1 saturated heterocycles. The molecular weight excluding hydrogens is 188 g/mol. The highest BCUT2D eigenvalue weighted by Gasteiger charge is 2.16. The SMILES string of the molecule is O=C1CCCC1.O=S1(=O)CCCC1. The van der Waals surface area contributed by atoms with E-state index in [1.54, 1.807) is 0 Å². The van der Waals surface area contributed by atoms with Crippen molar-refractivity contribution in [2.24, 2.45) is 0 Å². The van der Waals surface area contributed by atoms with Gasteiger partial charge >= 0.3 is 0 Å². The first kappa shape index (κ1) is 10.7. The lowest BCUT2D eigenvalue weighted by Gasteiger charge is -1.81. The van der Waals surface area contributed by atoms with Crippen LogP contribution in [-0.4, -0.2) is 25.7 Å². The lowest BCUT2D eigenvalue weighted by Crippen LogP contribution is -1.98. The van der Waals surface area contributed by atoms with E-state index in [4.69, 9.17) is 0 Å². The van der Waals surface area contributed by atoms with Gasteiger partial charge < -0.3 is 0 Å². The fraction of sp³-hybridized carbons (Fsp3) is 0.889. The first-order valence-corrected chi connectivity index (χ1v) is 6.64. The van der Waals surface area contributed by atoms with Gasteiger partial charge in [0.15, 0.2) is 0 Å². The molecule has 1 heterocycles. The van der Waals surface area contributed by atoms with Crippen molar-refractivity contribution >= 4 is 15.6 Å². The van der Waals surface area contributed by atoms with Crippen molar-refractivity contribution in [3.8, 4) is 0 Å². The molecule has 0 aromatic carbocycles. The Morgan fingerprint density at radius 2 is 1.31 bits per heavy atom. The van der Waals surface area contributed by atoms with Crippen LogP contribution in [0.5, 0.6) is 0 Å². The zero-order valence-electron chi connectivity index (χ0n) is 7.79. The number of hydrogen-bond donors (Lipinski definition) is 0. The van der Waals surface area contributed by atoms with Crippen molar-refractivity contribution in [1.82, 2.24) is 0 Å². The lowest BCUT2D eigenvalue weighted by atomic mass is 10.4. The molecular formula is C9H16O3S. The van der Waals surface area contributed by atoms with Gasteiger partial charge in [0, 0.05) is 12.8 Å². The van der Waals surface area contributed by atoms with Crippen LogP contribution in [0.15, 0.2) is 0 Å². The molecule has 76 valence electrons. The normalized spacial score (nSPS) is 25.4. The molecule has 2 rings (SSSR count). The van der Waals surface area contributed by atoms with E-state index in [1.165, 1.54) is 0 Å². The molecule has 0 aromatic rings. The Labute approximate surface area is 79.4 Å². The van der Waals surface area contributed by atoms with Crippen LogP contribution in [0, 0.1) is 0 Å². The van der Waals surface area contributed by atoms with Gasteiger partial charge in [0.05, 0.1) is 11.5 Å². The van der Waals surface area contributed by atoms with Crippen LogP contribution in [0.25, 0.3) is 0 Å². The molecule has 2 aliphatic rings. The van der Waals surface area contributed by atoms with Crippen molar-refractivity contribution in [2.45, 2.75) is 38.5 Å². The Morgan fingerprint density at radius 1 is 0.846 bits per heavy atom. The number of Topliss-reactive ketones (excluding diaryl/α,β-unsaturated/α-hetero) is 1. The van der Waals surface area contributed by atoms with Crippen molar-refractivity contribution < 1.29 is 13.2 Å². The van der Waals surface area contributed by atoms with Crippen molar-refractivity contribution in [3.63, 3.8) is 0 Å². The number of sulfone groups is 1. The smallest absolute Gasteiger partial charge is 0.150 e. The summed E-state index contributed by atoms with van der Waals surface area (Å²) in [5, 5.41) is 0. The summed E-state index contributed by atoms with van der Waals surface area (Å²) in [4.78, 5) is 10.2. The predicted molar refractivity (Wildman–Crippen MR) is 51.4 cm³/mol. The highest BCUT2D eigenvalue weighted by Crippen LogP contribution is 2.11. The highest BCUT2D eigenvalue weighted by molar-refractivity contribution is 7.91.